The van der Waals surface area contributed by atoms with Crippen molar-refractivity contribution in [3.05, 3.63) is 72.6 Å². The number of nitrogens with zero attached hydrogens (tertiary/aromatic N) is 7. The fourth-order valence-electron chi connectivity index (χ4n) is 4.12. The minimum absolute atomic E-state index is 0.710. The molecule has 0 bridgehead atoms. The second kappa shape index (κ2) is 10.1. The van der Waals surface area contributed by atoms with Gasteiger partial charge in [0.25, 0.3) is 0 Å². The van der Waals surface area contributed by atoms with Crippen LogP contribution in [0, 0.1) is 6.92 Å². The number of hydrogen-bond acceptors (Lipinski definition) is 8. The number of rotatable bonds is 10. The standard InChI is InChI=1S/C25H29N9O/c1-4-10-32(28-5-2)15-19-8-11-34-24(19)25(27-17-30-34)31-20-6-7-22(18(3)13-20)35-21-9-12-33-23(14-21)26-16-29-33/h6-9,11-14,16-17,28H,4-5,10,15H2,1-3H3,(H,27,30,31). The third kappa shape index (κ3) is 4.93. The third-order valence-electron chi connectivity index (χ3n) is 5.69. The SMILES string of the molecule is CCCN(Cc1ccn2ncnc(Nc3ccc(Oc4ccn5ncnc5c4)c(C)c3)c12)NCC. The monoisotopic (exact) mass is 471 g/mol. The summed E-state index contributed by atoms with van der Waals surface area (Å²) in [6.45, 7) is 8.93. The van der Waals surface area contributed by atoms with Gasteiger partial charge in [0.2, 0.25) is 0 Å². The van der Waals surface area contributed by atoms with Crippen molar-refractivity contribution in [1.82, 2.24) is 39.6 Å². The number of benzene rings is 1. The number of pyridine rings is 1. The zero-order valence-electron chi connectivity index (χ0n) is 20.1. The van der Waals surface area contributed by atoms with Crippen LogP contribution in [-0.2, 0) is 6.54 Å². The van der Waals surface area contributed by atoms with Crippen LogP contribution in [0.2, 0.25) is 0 Å². The average Bonchev–Trinajstić information content (AvgIpc) is 3.48. The molecule has 0 saturated carbocycles. The summed E-state index contributed by atoms with van der Waals surface area (Å²) in [5, 5.41) is 14.2. The molecule has 0 saturated heterocycles. The zero-order chi connectivity index (χ0) is 24.2. The highest BCUT2D eigenvalue weighted by molar-refractivity contribution is 5.76. The van der Waals surface area contributed by atoms with Crippen molar-refractivity contribution < 1.29 is 4.74 Å². The molecule has 0 aliphatic rings. The van der Waals surface area contributed by atoms with Crippen LogP contribution in [0.5, 0.6) is 11.5 Å². The van der Waals surface area contributed by atoms with E-state index in [4.69, 9.17) is 4.74 Å². The van der Waals surface area contributed by atoms with E-state index in [-0.39, 0.29) is 0 Å². The maximum absolute atomic E-state index is 6.11. The third-order valence-corrected chi connectivity index (χ3v) is 5.69. The fraction of sp³-hybridized carbons (Fsp3) is 0.280. The summed E-state index contributed by atoms with van der Waals surface area (Å²) >= 11 is 0. The molecule has 4 heterocycles. The van der Waals surface area contributed by atoms with Crippen LogP contribution in [0.4, 0.5) is 11.5 Å². The van der Waals surface area contributed by atoms with E-state index in [1.807, 2.05) is 54.2 Å². The van der Waals surface area contributed by atoms with Crippen molar-refractivity contribution in [2.75, 3.05) is 18.4 Å². The van der Waals surface area contributed by atoms with Gasteiger partial charge >= 0.3 is 0 Å². The summed E-state index contributed by atoms with van der Waals surface area (Å²) in [5.74, 6) is 2.25. The van der Waals surface area contributed by atoms with Crippen molar-refractivity contribution in [2.24, 2.45) is 0 Å². The molecule has 0 atom stereocenters. The van der Waals surface area contributed by atoms with Crippen LogP contribution in [0.1, 0.15) is 31.4 Å². The number of hydrazine groups is 1. The van der Waals surface area contributed by atoms with Crippen LogP contribution in [0.15, 0.2) is 61.4 Å². The number of aryl methyl sites for hydroxylation is 1. The summed E-state index contributed by atoms with van der Waals surface area (Å²) in [7, 11) is 0. The van der Waals surface area contributed by atoms with Gasteiger partial charge in [-0.1, -0.05) is 13.8 Å². The molecule has 1 aromatic carbocycles. The van der Waals surface area contributed by atoms with Crippen LogP contribution >= 0.6 is 0 Å². The Hall–Kier alpha value is -4.02. The van der Waals surface area contributed by atoms with Gasteiger partial charge in [0.1, 0.15) is 29.7 Å². The average molecular weight is 472 g/mol. The van der Waals surface area contributed by atoms with Gasteiger partial charge in [-0.05, 0) is 54.8 Å². The Kier molecular flexibility index (Phi) is 6.55. The van der Waals surface area contributed by atoms with Gasteiger partial charge in [0.05, 0.1) is 0 Å². The largest absolute Gasteiger partial charge is 0.457 e. The van der Waals surface area contributed by atoms with Crippen molar-refractivity contribution in [3.63, 3.8) is 0 Å². The molecule has 0 spiro atoms. The number of hydrogen-bond donors (Lipinski definition) is 2. The summed E-state index contributed by atoms with van der Waals surface area (Å²) in [5.41, 5.74) is 8.22. The Labute approximate surface area is 203 Å². The molecule has 0 aliphatic heterocycles. The molecule has 0 radical (unpaired) electrons. The second-order valence-electron chi connectivity index (χ2n) is 8.31. The van der Waals surface area contributed by atoms with Crippen LogP contribution in [0.3, 0.4) is 0 Å². The normalized spacial score (nSPS) is 11.5. The van der Waals surface area contributed by atoms with Crippen molar-refractivity contribution >= 4 is 22.7 Å². The molecule has 0 unspecified atom stereocenters. The highest BCUT2D eigenvalue weighted by atomic mass is 16.5. The van der Waals surface area contributed by atoms with Crippen LogP contribution in [0.25, 0.3) is 11.2 Å². The van der Waals surface area contributed by atoms with Crippen molar-refractivity contribution in [3.8, 4) is 11.5 Å². The smallest absolute Gasteiger partial charge is 0.158 e. The number of aromatic nitrogens is 6. The molecule has 10 heteroatoms. The van der Waals surface area contributed by atoms with Gasteiger partial charge in [-0.2, -0.15) is 10.2 Å². The highest BCUT2D eigenvalue weighted by Crippen LogP contribution is 2.30. The Morgan fingerprint density at radius 1 is 0.971 bits per heavy atom. The lowest BCUT2D eigenvalue weighted by molar-refractivity contribution is 0.184. The van der Waals surface area contributed by atoms with E-state index >= 15 is 0 Å². The zero-order valence-corrected chi connectivity index (χ0v) is 20.1. The minimum atomic E-state index is 0.710. The molecule has 10 nitrogen and oxygen atoms in total. The van der Waals surface area contributed by atoms with Gasteiger partial charge < -0.3 is 10.1 Å². The lowest BCUT2D eigenvalue weighted by Gasteiger charge is -2.22. The number of ether oxygens (including phenoxy) is 1. The lowest BCUT2D eigenvalue weighted by Crippen LogP contribution is -2.37. The van der Waals surface area contributed by atoms with E-state index in [1.54, 1.807) is 10.8 Å². The van der Waals surface area contributed by atoms with Gasteiger partial charge in [-0.15, -0.1) is 0 Å². The highest BCUT2D eigenvalue weighted by Gasteiger charge is 2.14. The van der Waals surface area contributed by atoms with E-state index in [9.17, 15) is 0 Å². The maximum Gasteiger partial charge on any atom is 0.158 e. The lowest BCUT2D eigenvalue weighted by atomic mass is 10.2. The topological polar surface area (TPSA) is 96.9 Å². The predicted octanol–water partition coefficient (Wildman–Crippen LogP) is 4.35. The predicted molar refractivity (Wildman–Crippen MR) is 135 cm³/mol. The van der Waals surface area contributed by atoms with Gasteiger partial charge in [-0.3, -0.25) is 5.43 Å². The van der Waals surface area contributed by atoms with Gasteiger partial charge in [-0.25, -0.2) is 24.0 Å². The van der Waals surface area contributed by atoms with E-state index in [0.717, 1.165) is 65.6 Å². The molecule has 4 aromatic heterocycles. The first-order chi connectivity index (χ1) is 17.1. The van der Waals surface area contributed by atoms with Gasteiger partial charge in [0.15, 0.2) is 11.5 Å². The molecule has 5 rings (SSSR count). The van der Waals surface area contributed by atoms with Gasteiger partial charge in [0, 0.05) is 43.8 Å². The fourth-order valence-corrected chi connectivity index (χ4v) is 4.12. The first-order valence-corrected chi connectivity index (χ1v) is 11.8. The molecule has 180 valence electrons. The molecule has 0 aliphatic carbocycles. The Balaban J connectivity index is 1.37. The Morgan fingerprint density at radius 3 is 2.63 bits per heavy atom. The molecule has 0 fully saturated rings. The van der Waals surface area contributed by atoms with E-state index in [2.05, 4.69) is 55.8 Å². The Morgan fingerprint density at radius 2 is 1.80 bits per heavy atom. The van der Waals surface area contributed by atoms with Crippen LogP contribution < -0.4 is 15.5 Å². The first-order valence-electron chi connectivity index (χ1n) is 11.8. The molecule has 0 amide bonds. The summed E-state index contributed by atoms with van der Waals surface area (Å²) in [6, 6.07) is 11.8. The molecule has 35 heavy (non-hydrogen) atoms. The molecular formula is C25H29N9O. The molecule has 5 aromatic rings. The van der Waals surface area contributed by atoms with E-state index in [1.165, 1.54) is 6.33 Å². The van der Waals surface area contributed by atoms with Crippen molar-refractivity contribution in [1.29, 1.82) is 0 Å². The summed E-state index contributed by atoms with van der Waals surface area (Å²) in [4.78, 5) is 8.76. The molecule has 2 N–H and O–H groups in total. The number of nitrogens with one attached hydrogen (secondary N) is 2. The first kappa shape index (κ1) is 22.8. The quantitative estimate of drug-likeness (QED) is 0.290. The number of anilines is 2. The second-order valence-corrected chi connectivity index (χ2v) is 8.31. The van der Waals surface area contributed by atoms with E-state index in [0.29, 0.717) is 5.75 Å². The van der Waals surface area contributed by atoms with E-state index < -0.39 is 0 Å². The summed E-state index contributed by atoms with van der Waals surface area (Å²) < 4.78 is 9.67. The minimum Gasteiger partial charge on any atom is -0.457 e. The van der Waals surface area contributed by atoms with Crippen molar-refractivity contribution in [2.45, 2.75) is 33.7 Å². The van der Waals surface area contributed by atoms with Crippen LogP contribution in [-0.4, -0.2) is 47.3 Å². The molecular weight excluding hydrogens is 442 g/mol. The Bertz CT molecular complexity index is 1440. The summed E-state index contributed by atoms with van der Waals surface area (Å²) in [6.07, 6.45) is 7.96. The maximum atomic E-state index is 6.11. The number of fused-ring (bicyclic) bond motifs is 2.